The number of hydrogen-bond acceptors (Lipinski definition) is 2. The van der Waals surface area contributed by atoms with Crippen LogP contribution in [0.15, 0.2) is 134 Å². The number of nitrogens with zero attached hydrogens (tertiary/aromatic N) is 2. The molecule has 2 heterocycles. The summed E-state index contributed by atoms with van der Waals surface area (Å²) in [6.07, 6.45) is 3.70. The number of fused-ring (bicyclic) bond motifs is 2. The van der Waals surface area contributed by atoms with Gasteiger partial charge in [-0.2, -0.15) is 0 Å². The maximum absolute atomic E-state index is 4.57. The van der Waals surface area contributed by atoms with E-state index in [9.17, 15) is 0 Å². The van der Waals surface area contributed by atoms with Crippen molar-refractivity contribution in [3.8, 4) is 44.8 Å². The lowest BCUT2D eigenvalue weighted by Gasteiger charge is -2.20. The zero-order valence-corrected chi connectivity index (χ0v) is 22.6. The summed E-state index contributed by atoms with van der Waals surface area (Å²) in [6, 6.07) is 43.2. The zero-order chi connectivity index (χ0) is 27.1. The third-order valence-electron chi connectivity index (χ3n) is 7.84. The standard InChI is InChI=1S/C38H28N2/c1-25-23-27(35-15-7-9-21-39-35)17-19-29(25)37-31-11-3-5-13-33(31)38(34-14-6-4-12-32(34)37)30-20-18-28(24-26(30)2)36-16-8-10-22-40-36/h3-24H,1-2H3. The molecule has 0 fully saturated rings. The Morgan fingerprint density at radius 1 is 0.400 bits per heavy atom. The molecule has 0 amide bonds. The number of hydrogen-bond donors (Lipinski definition) is 0. The van der Waals surface area contributed by atoms with Gasteiger partial charge in [-0.1, -0.05) is 84.9 Å². The van der Waals surface area contributed by atoms with Crippen LogP contribution < -0.4 is 0 Å². The number of aromatic nitrogens is 2. The second-order valence-electron chi connectivity index (χ2n) is 10.3. The number of pyridine rings is 2. The summed E-state index contributed by atoms with van der Waals surface area (Å²) in [5, 5.41) is 5.05. The lowest BCUT2D eigenvalue weighted by atomic mass is 9.83. The Hall–Kier alpha value is -5.08. The van der Waals surface area contributed by atoms with Gasteiger partial charge in [0.25, 0.3) is 0 Å². The van der Waals surface area contributed by atoms with Gasteiger partial charge in [0, 0.05) is 23.5 Å². The third kappa shape index (κ3) is 4.06. The van der Waals surface area contributed by atoms with E-state index in [1.165, 1.54) is 54.9 Å². The van der Waals surface area contributed by atoms with Crippen LogP contribution in [0, 0.1) is 13.8 Å². The van der Waals surface area contributed by atoms with Crippen molar-refractivity contribution in [3.63, 3.8) is 0 Å². The SMILES string of the molecule is Cc1cc(-c2ccccn2)ccc1-c1c2ccccc2c(-c2ccc(-c3ccccn3)cc2C)c2ccccc12. The second kappa shape index (κ2) is 9.91. The molecule has 0 spiro atoms. The van der Waals surface area contributed by atoms with E-state index in [4.69, 9.17) is 0 Å². The van der Waals surface area contributed by atoms with Gasteiger partial charge in [-0.25, -0.2) is 0 Å². The van der Waals surface area contributed by atoms with Crippen molar-refractivity contribution >= 4 is 21.5 Å². The summed E-state index contributed by atoms with van der Waals surface area (Å²) < 4.78 is 0. The lowest BCUT2D eigenvalue weighted by Crippen LogP contribution is -1.94. The Bertz CT molecular complexity index is 1800. The molecule has 0 unspecified atom stereocenters. The Labute approximate surface area is 234 Å². The number of benzene rings is 5. The van der Waals surface area contributed by atoms with Crippen molar-refractivity contribution in [2.24, 2.45) is 0 Å². The van der Waals surface area contributed by atoms with E-state index in [-0.39, 0.29) is 0 Å². The highest BCUT2D eigenvalue weighted by Crippen LogP contribution is 2.45. The summed E-state index contributed by atoms with van der Waals surface area (Å²) in [4.78, 5) is 9.13. The molecule has 40 heavy (non-hydrogen) atoms. The summed E-state index contributed by atoms with van der Waals surface area (Å²) in [7, 11) is 0. The van der Waals surface area contributed by atoms with Crippen LogP contribution in [0.4, 0.5) is 0 Å². The normalized spacial score (nSPS) is 11.2. The lowest BCUT2D eigenvalue weighted by molar-refractivity contribution is 1.32. The smallest absolute Gasteiger partial charge is 0.0702 e. The van der Waals surface area contributed by atoms with E-state index in [2.05, 4.69) is 121 Å². The van der Waals surface area contributed by atoms with Crippen molar-refractivity contribution in [1.82, 2.24) is 9.97 Å². The Kier molecular flexibility index (Phi) is 5.94. The maximum Gasteiger partial charge on any atom is 0.0702 e. The Balaban J connectivity index is 1.48. The highest BCUT2D eigenvalue weighted by Gasteiger charge is 2.19. The average Bonchev–Trinajstić information content (AvgIpc) is 3.01. The van der Waals surface area contributed by atoms with Gasteiger partial charge in [0.2, 0.25) is 0 Å². The molecule has 0 aliphatic rings. The van der Waals surface area contributed by atoms with Crippen LogP contribution >= 0.6 is 0 Å². The molecular formula is C38H28N2. The number of rotatable bonds is 4. The molecule has 2 aromatic heterocycles. The molecule has 0 radical (unpaired) electrons. The minimum atomic E-state index is 0.992. The minimum absolute atomic E-state index is 0.992. The summed E-state index contributed by atoms with van der Waals surface area (Å²) in [5.74, 6) is 0. The molecule has 190 valence electrons. The predicted octanol–water partition coefficient (Wildman–Crippen LogP) is 10.1. The molecule has 2 nitrogen and oxygen atoms in total. The van der Waals surface area contributed by atoms with Crippen LogP contribution in [-0.4, -0.2) is 9.97 Å². The molecule has 5 aromatic carbocycles. The molecule has 7 aromatic rings. The van der Waals surface area contributed by atoms with E-state index in [1.807, 2.05) is 36.7 Å². The molecule has 0 atom stereocenters. The van der Waals surface area contributed by atoms with E-state index >= 15 is 0 Å². The zero-order valence-electron chi connectivity index (χ0n) is 22.6. The van der Waals surface area contributed by atoms with Gasteiger partial charge in [0.1, 0.15) is 0 Å². The predicted molar refractivity (Wildman–Crippen MR) is 168 cm³/mol. The highest BCUT2D eigenvalue weighted by atomic mass is 14.7. The van der Waals surface area contributed by atoms with Crippen LogP contribution in [-0.2, 0) is 0 Å². The first-order chi connectivity index (χ1) is 19.7. The first-order valence-corrected chi connectivity index (χ1v) is 13.7. The Morgan fingerprint density at radius 3 is 1.10 bits per heavy atom. The van der Waals surface area contributed by atoms with Crippen LogP contribution in [0.5, 0.6) is 0 Å². The Morgan fingerprint density at radius 2 is 0.775 bits per heavy atom. The van der Waals surface area contributed by atoms with Crippen LogP contribution in [0.1, 0.15) is 11.1 Å². The second-order valence-corrected chi connectivity index (χ2v) is 10.3. The van der Waals surface area contributed by atoms with Crippen molar-refractivity contribution in [3.05, 3.63) is 145 Å². The highest BCUT2D eigenvalue weighted by molar-refractivity contribution is 6.21. The largest absolute Gasteiger partial charge is 0.256 e. The van der Waals surface area contributed by atoms with Crippen molar-refractivity contribution in [2.75, 3.05) is 0 Å². The number of aryl methyl sites for hydroxylation is 2. The van der Waals surface area contributed by atoms with Crippen LogP contribution in [0.2, 0.25) is 0 Å². The quantitative estimate of drug-likeness (QED) is 0.219. The minimum Gasteiger partial charge on any atom is -0.256 e. The van der Waals surface area contributed by atoms with E-state index in [1.54, 1.807) is 0 Å². The van der Waals surface area contributed by atoms with E-state index in [0.717, 1.165) is 22.5 Å². The van der Waals surface area contributed by atoms with Crippen LogP contribution in [0.3, 0.4) is 0 Å². The van der Waals surface area contributed by atoms with Gasteiger partial charge >= 0.3 is 0 Å². The summed E-state index contributed by atoms with van der Waals surface area (Å²) in [5.41, 5.74) is 11.8. The molecular weight excluding hydrogens is 484 g/mol. The van der Waals surface area contributed by atoms with Gasteiger partial charge in [-0.05, 0) is 105 Å². The third-order valence-corrected chi connectivity index (χ3v) is 7.84. The first kappa shape index (κ1) is 24.0. The van der Waals surface area contributed by atoms with Crippen molar-refractivity contribution in [2.45, 2.75) is 13.8 Å². The summed E-state index contributed by atoms with van der Waals surface area (Å²) >= 11 is 0. The van der Waals surface area contributed by atoms with Crippen LogP contribution in [0.25, 0.3) is 66.3 Å². The van der Waals surface area contributed by atoms with E-state index in [0.29, 0.717) is 0 Å². The van der Waals surface area contributed by atoms with Crippen molar-refractivity contribution < 1.29 is 0 Å². The fraction of sp³-hybridized carbons (Fsp3) is 0.0526. The topological polar surface area (TPSA) is 25.8 Å². The molecule has 0 saturated heterocycles. The molecule has 0 N–H and O–H groups in total. The monoisotopic (exact) mass is 512 g/mol. The van der Waals surface area contributed by atoms with E-state index < -0.39 is 0 Å². The molecule has 0 aliphatic heterocycles. The first-order valence-electron chi connectivity index (χ1n) is 13.7. The van der Waals surface area contributed by atoms with Gasteiger partial charge in [0.15, 0.2) is 0 Å². The summed E-state index contributed by atoms with van der Waals surface area (Å²) in [6.45, 7) is 4.42. The molecule has 2 heteroatoms. The molecule has 0 aliphatic carbocycles. The fourth-order valence-corrected chi connectivity index (χ4v) is 5.98. The average molecular weight is 513 g/mol. The van der Waals surface area contributed by atoms with Gasteiger partial charge in [-0.3, -0.25) is 9.97 Å². The maximum atomic E-state index is 4.57. The van der Waals surface area contributed by atoms with Gasteiger partial charge in [0.05, 0.1) is 11.4 Å². The van der Waals surface area contributed by atoms with Gasteiger partial charge in [-0.15, -0.1) is 0 Å². The molecule has 0 saturated carbocycles. The molecule has 7 rings (SSSR count). The van der Waals surface area contributed by atoms with Crippen molar-refractivity contribution in [1.29, 1.82) is 0 Å². The fourth-order valence-electron chi connectivity index (χ4n) is 5.98. The van der Waals surface area contributed by atoms with Gasteiger partial charge < -0.3 is 0 Å². The molecule has 0 bridgehead atoms.